The summed E-state index contributed by atoms with van der Waals surface area (Å²) in [6, 6.07) is 7.41. The number of nitriles is 1. The van der Waals surface area contributed by atoms with Crippen molar-refractivity contribution < 1.29 is 22.7 Å². The molecule has 1 aromatic heterocycles. The molecule has 1 aromatic carbocycles. The third-order valence-corrected chi connectivity index (χ3v) is 7.40. The van der Waals surface area contributed by atoms with E-state index in [1.54, 1.807) is 13.8 Å². The highest BCUT2D eigenvalue weighted by Gasteiger charge is 2.24. The molecule has 0 aliphatic carbocycles. The Labute approximate surface area is 191 Å². The smallest absolute Gasteiger partial charge is 0.348 e. The van der Waals surface area contributed by atoms with E-state index >= 15 is 0 Å². The minimum Gasteiger partial charge on any atom is -0.462 e. The van der Waals surface area contributed by atoms with Crippen molar-refractivity contribution >= 4 is 38.2 Å². The molecule has 8 nitrogen and oxygen atoms in total. The number of nitrogens with one attached hydrogen (secondary N) is 1. The van der Waals surface area contributed by atoms with Crippen LogP contribution in [0.4, 0.5) is 5.00 Å². The number of rotatable bonds is 10. The van der Waals surface area contributed by atoms with Crippen LogP contribution in [0.3, 0.4) is 0 Å². The SMILES string of the molecule is C=CCN(CC=C)S(=O)(=O)c1ccc(C(=O)Nc2sc(C(=O)OCC)c(C)c2C#N)cc1. The summed E-state index contributed by atoms with van der Waals surface area (Å²) in [6.45, 7) is 10.8. The molecule has 0 bridgehead atoms. The largest absolute Gasteiger partial charge is 0.462 e. The molecule has 0 atom stereocenters. The summed E-state index contributed by atoms with van der Waals surface area (Å²) in [6.07, 6.45) is 2.95. The van der Waals surface area contributed by atoms with Crippen molar-refractivity contribution in [3.63, 3.8) is 0 Å². The van der Waals surface area contributed by atoms with Crippen molar-refractivity contribution in [2.24, 2.45) is 0 Å². The predicted molar refractivity (Wildman–Crippen MR) is 123 cm³/mol. The molecule has 0 radical (unpaired) electrons. The number of esters is 1. The zero-order chi connectivity index (χ0) is 23.9. The highest BCUT2D eigenvalue weighted by atomic mass is 32.2. The molecule has 2 rings (SSSR count). The van der Waals surface area contributed by atoms with Crippen molar-refractivity contribution in [3.05, 3.63) is 71.1 Å². The topological polar surface area (TPSA) is 117 Å². The molecular formula is C22H23N3O5S2. The maximum absolute atomic E-state index is 12.8. The van der Waals surface area contributed by atoms with E-state index in [2.05, 4.69) is 18.5 Å². The lowest BCUT2D eigenvalue weighted by Gasteiger charge is -2.19. The summed E-state index contributed by atoms with van der Waals surface area (Å²) in [5.41, 5.74) is 0.794. The number of ether oxygens (including phenoxy) is 1. The van der Waals surface area contributed by atoms with E-state index in [0.717, 1.165) is 11.3 Å². The van der Waals surface area contributed by atoms with Gasteiger partial charge in [0.15, 0.2) is 0 Å². The summed E-state index contributed by atoms with van der Waals surface area (Å²) in [4.78, 5) is 25.0. The standard InChI is InChI=1S/C22H23N3O5S2/c1-5-12-25(13-6-2)32(28,29)17-10-8-16(9-11-17)20(26)24-21-18(14-23)15(4)19(31-21)22(27)30-7-3/h5-6,8-11H,1-2,7,12-13H2,3-4H3,(H,24,26). The van der Waals surface area contributed by atoms with Crippen molar-refractivity contribution in [1.82, 2.24) is 4.31 Å². The molecule has 168 valence electrons. The molecule has 32 heavy (non-hydrogen) atoms. The van der Waals surface area contributed by atoms with Gasteiger partial charge < -0.3 is 10.1 Å². The second-order valence-corrected chi connectivity index (χ2v) is 9.43. The van der Waals surface area contributed by atoms with Crippen LogP contribution in [0, 0.1) is 18.3 Å². The highest BCUT2D eigenvalue weighted by Crippen LogP contribution is 2.33. The van der Waals surface area contributed by atoms with Gasteiger partial charge in [-0.25, -0.2) is 13.2 Å². The fourth-order valence-electron chi connectivity index (χ4n) is 2.79. The summed E-state index contributed by atoms with van der Waals surface area (Å²) in [5.74, 6) is -1.11. The molecule has 0 unspecified atom stereocenters. The molecule has 1 heterocycles. The number of anilines is 1. The zero-order valence-electron chi connectivity index (χ0n) is 17.8. The van der Waals surface area contributed by atoms with E-state index in [1.165, 1.54) is 40.7 Å². The summed E-state index contributed by atoms with van der Waals surface area (Å²) in [5, 5.41) is 12.3. The molecule has 0 spiro atoms. The van der Waals surface area contributed by atoms with Gasteiger partial charge in [0.1, 0.15) is 15.9 Å². The number of carbonyl (C=O) groups is 2. The summed E-state index contributed by atoms with van der Waals surface area (Å²) < 4.78 is 31.7. The first-order valence-corrected chi connectivity index (χ1v) is 11.8. The molecule has 0 saturated carbocycles. The van der Waals surface area contributed by atoms with Crippen LogP contribution in [0.15, 0.2) is 54.5 Å². The number of hydrogen-bond donors (Lipinski definition) is 1. The quantitative estimate of drug-likeness (QED) is 0.415. The van der Waals surface area contributed by atoms with Gasteiger partial charge in [0.05, 0.1) is 17.1 Å². The second-order valence-electron chi connectivity index (χ2n) is 6.47. The first-order valence-electron chi connectivity index (χ1n) is 9.55. The molecule has 2 aromatic rings. The van der Waals surface area contributed by atoms with E-state index in [1.807, 2.05) is 6.07 Å². The van der Waals surface area contributed by atoms with Crippen LogP contribution in [0.1, 0.15) is 38.1 Å². The van der Waals surface area contributed by atoms with Gasteiger partial charge in [0, 0.05) is 18.7 Å². The zero-order valence-corrected chi connectivity index (χ0v) is 19.4. The number of benzene rings is 1. The maximum atomic E-state index is 12.8. The number of carbonyl (C=O) groups excluding carboxylic acids is 2. The van der Waals surface area contributed by atoms with Gasteiger partial charge in [-0.05, 0) is 43.7 Å². The lowest BCUT2D eigenvalue weighted by Crippen LogP contribution is -2.31. The van der Waals surface area contributed by atoms with E-state index in [4.69, 9.17) is 4.74 Å². The number of hydrogen-bond acceptors (Lipinski definition) is 7. The number of amides is 1. The Balaban J connectivity index is 2.28. The van der Waals surface area contributed by atoms with Crippen LogP contribution in [-0.2, 0) is 14.8 Å². The summed E-state index contributed by atoms with van der Waals surface area (Å²) in [7, 11) is -3.79. The molecule has 1 N–H and O–H groups in total. The first-order chi connectivity index (χ1) is 15.2. The number of thiophene rings is 1. The molecule has 0 fully saturated rings. The first kappa shape index (κ1) is 25.0. The third-order valence-electron chi connectivity index (χ3n) is 4.37. The summed E-state index contributed by atoms with van der Waals surface area (Å²) >= 11 is 0.954. The normalized spacial score (nSPS) is 10.9. The van der Waals surface area contributed by atoms with Gasteiger partial charge in [-0.2, -0.15) is 9.57 Å². The van der Waals surface area contributed by atoms with Crippen LogP contribution >= 0.6 is 11.3 Å². The molecule has 0 aliphatic rings. The second kappa shape index (κ2) is 10.9. The minimum atomic E-state index is -3.79. The van der Waals surface area contributed by atoms with E-state index < -0.39 is 21.9 Å². The van der Waals surface area contributed by atoms with Crippen LogP contribution in [0.5, 0.6) is 0 Å². The van der Waals surface area contributed by atoms with Gasteiger partial charge in [-0.1, -0.05) is 12.2 Å². The predicted octanol–water partition coefficient (Wildman–Crippen LogP) is 3.72. The van der Waals surface area contributed by atoms with Gasteiger partial charge in [0.25, 0.3) is 5.91 Å². The molecule has 0 aliphatic heterocycles. The number of nitrogens with zero attached hydrogens (tertiary/aromatic N) is 2. The Morgan fingerprint density at radius 1 is 1.22 bits per heavy atom. The highest BCUT2D eigenvalue weighted by molar-refractivity contribution is 7.89. The monoisotopic (exact) mass is 473 g/mol. The third kappa shape index (κ3) is 5.31. The van der Waals surface area contributed by atoms with Gasteiger partial charge in [-0.15, -0.1) is 24.5 Å². The van der Waals surface area contributed by atoms with Crippen LogP contribution in [0.25, 0.3) is 0 Å². The molecule has 0 saturated heterocycles. The lowest BCUT2D eigenvalue weighted by molar-refractivity contribution is 0.0531. The lowest BCUT2D eigenvalue weighted by atomic mass is 10.1. The van der Waals surface area contributed by atoms with Crippen molar-refractivity contribution in [2.45, 2.75) is 18.7 Å². The Kier molecular flexibility index (Phi) is 8.48. The Bertz CT molecular complexity index is 1170. The van der Waals surface area contributed by atoms with E-state index in [0.29, 0.717) is 5.56 Å². The number of sulfonamides is 1. The van der Waals surface area contributed by atoms with Gasteiger partial charge in [-0.3, -0.25) is 4.79 Å². The van der Waals surface area contributed by atoms with E-state index in [9.17, 15) is 23.3 Å². The van der Waals surface area contributed by atoms with Gasteiger partial charge in [0.2, 0.25) is 10.0 Å². The fourth-order valence-corrected chi connectivity index (χ4v) is 5.22. The van der Waals surface area contributed by atoms with Crippen LogP contribution in [-0.4, -0.2) is 44.3 Å². The molecule has 10 heteroatoms. The Morgan fingerprint density at radius 3 is 2.31 bits per heavy atom. The molecule has 1 amide bonds. The van der Waals surface area contributed by atoms with E-state index in [-0.39, 0.29) is 45.6 Å². The average molecular weight is 474 g/mol. The van der Waals surface area contributed by atoms with Crippen LogP contribution in [0.2, 0.25) is 0 Å². The van der Waals surface area contributed by atoms with Crippen molar-refractivity contribution in [1.29, 1.82) is 5.26 Å². The van der Waals surface area contributed by atoms with Crippen molar-refractivity contribution in [3.8, 4) is 6.07 Å². The Morgan fingerprint density at radius 2 is 1.81 bits per heavy atom. The Hall–Kier alpha value is -3.26. The van der Waals surface area contributed by atoms with Crippen LogP contribution < -0.4 is 5.32 Å². The maximum Gasteiger partial charge on any atom is 0.348 e. The minimum absolute atomic E-state index is 0.0204. The van der Waals surface area contributed by atoms with Gasteiger partial charge >= 0.3 is 5.97 Å². The van der Waals surface area contributed by atoms with Crippen molar-refractivity contribution in [2.75, 3.05) is 25.0 Å². The molecular weight excluding hydrogens is 450 g/mol. The average Bonchev–Trinajstić information content (AvgIpc) is 3.08. The fraction of sp³-hybridized carbons (Fsp3) is 0.227.